The second-order valence-corrected chi connectivity index (χ2v) is 2.71. The van der Waals surface area contributed by atoms with E-state index in [-0.39, 0.29) is 11.1 Å². The highest BCUT2D eigenvalue weighted by Gasteiger charge is 2.17. The molecule has 0 aromatic heterocycles. The average Bonchev–Trinajstić information content (AvgIpc) is 2.16. The fourth-order valence-electron chi connectivity index (χ4n) is 0.964. The van der Waals surface area contributed by atoms with E-state index in [9.17, 15) is 19.3 Å². The van der Waals surface area contributed by atoms with Gasteiger partial charge in [-0.1, -0.05) is 12.6 Å². The second-order valence-electron chi connectivity index (χ2n) is 2.71. The Labute approximate surface area is 83.6 Å². The minimum atomic E-state index is -1.31. The maximum absolute atomic E-state index is 12.9. The highest BCUT2D eigenvalue weighted by molar-refractivity contribution is 6.14. The molecule has 0 saturated heterocycles. The van der Waals surface area contributed by atoms with Crippen LogP contribution in [0.2, 0.25) is 0 Å². The average molecular weight is 211 g/mol. The molecular formula is C9H6FNO4. The van der Waals surface area contributed by atoms with E-state index in [0.29, 0.717) is 0 Å². The van der Waals surface area contributed by atoms with Crippen molar-refractivity contribution in [3.8, 4) is 0 Å². The lowest BCUT2D eigenvalue weighted by atomic mass is 10.1. The molecule has 15 heavy (non-hydrogen) atoms. The van der Waals surface area contributed by atoms with Gasteiger partial charge in [-0.3, -0.25) is 10.1 Å². The number of nitro benzene ring substituents is 1. The van der Waals surface area contributed by atoms with E-state index in [0.717, 1.165) is 18.2 Å². The van der Waals surface area contributed by atoms with Crippen molar-refractivity contribution >= 4 is 17.2 Å². The third-order valence-electron chi connectivity index (χ3n) is 1.75. The van der Waals surface area contributed by atoms with Gasteiger partial charge in [-0.15, -0.1) is 0 Å². The molecule has 5 nitrogen and oxygen atoms in total. The van der Waals surface area contributed by atoms with E-state index in [1.54, 1.807) is 0 Å². The summed E-state index contributed by atoms with van der Waals surface area (Å²) in [7, 11) is 0. The van der Waals surface area contributed by atoms with Crippen molar-refractivity contribution in [1.82, 2.24) is 0 Å². The van der Waals surface area contributed by atoms with Gasteiger partial charge >= 0.3 is 11.7 Å². The standard InChI is InChI=1S/C9H6FNO4/c1-5(9(12)13)6-2-3-7(10)8(4-6)11(14)15/h2-4H,1H2,(H,12,13). The highest BCUT2D eigenvalue weighted by atomic mass is 19.1. The van der Waals surface area contributed by atoms with Gasteiger partial charge in [0.05, 0.1) is 10.5 Å². The number of carboxylic acid groups (broad SMARTS) is 1. The fourth-order valence-corrected chi connectivity index (χ4v) is 0.964. The minimum absolute atomic E-state index is 0.00981. The van der Waals surface area contributed by atoms with Gasteiger partial charge in [-0.2, -0.15) is 4.39 Å². The third kappa shape index (κ3) is 2.16. The largest absolute Gasteiger partial charge is 0.478 e. The summed E-state index contributed by atoms with van der Waals surface area (Å²) in [5.41, 5.74) is -1.08. The van der Waals surface area contributed by atoms with Crippen LogP contribution in [-0.4, -0.2) is 16.0 Å². The highest BCUT2D eigenvalue weighted by Crippen LogP contribution is 2.22. The maximum Gasteiger partial charge on any atom is 0.335 e. The van der Waals surface area contributed by atoms with Gasteiger partial charge in [0.2, 0.25) is 5.82 Å². The van der Waals surface area contributed by atoms with E-state index >= 15 is 0 Å². The van der Waals surface area contributed by atoms with E-state index in [2.05, 4.69) is 6.58 Å². The number of halogens is 1. The zero-order valence-electron chi connectivity index (χ0n) is 7.44. The Kier molecular flexibility index (Phi) is 2.80. The van der Waals surface area contributed by atoms with Gasteiger partial charge in [0.15, 0.2) is 0 Å². The lowest BCUT2D eigenvalue weighted by Gasteiger charge is -2.00. The van der Waals surface area contributed by atoms with Crippen LogP contribution in [0.3, 0.4) is 0 Å². The quantitative estimate of drug-likeness (QED) is 0.469. The molecule has 0 spiro atoms. The number of aliphatic carboxylic acids is 1. The fraction of sp³-hybridized carbons (Fsp3) is 0. The molecule has 0 atom stereocenters. The van der Waals surface area contributed by atoms with Gasteiger partial charge in [0.1, 0.15) is 0 Å². The molecule has 0 radical (unpaired) electrons. The summed E-state index contributed by atoms with van der Waals surface area (Å²) in [4.78, 5) is 19.9. The molecule has 0 amide bonds. The number of benzene rings is 1. The first-order chi connectivity index (χ1) is 6.93. The van der Waals surface area contributed by atoms with Gasteiger partial charge in [0, 0.05) is 6.07 Å². The molecule has 1 aromatic carbocycles. The predicted octanol–water partition coefficient (Wildman–Crippen LogP) is 1.83. The van der Waals surface area contributed by atoms with Crippen LogP contribution in [0.25, 0.3) is 5.57 Å². The Morgan fingerprint density at radius 3 is 2.60 bits per heavy atom. The van der Waals surface area contributed by atoms with E-state index in [1.165, 1.54) is 0 Å². The molecule has 0 unspecified atom stereocenters. The molecule has 0 saturated carbocycles. The van der Waals surface area contributed by atoms with Crippen LogP contribution in [-0.2, 0) is 4.79 Å². The van der Waals surface area contributed by atoms with E-state index in [4.69, 9.17) is 5.11 Å². The summed E-state index contributed by atoms with van der Waals surface area (Å²) < 4.78 is 12.9. The number of nitro groups is 1. The monoisotopic (exact) mass is 211 g/mol. The van der Waals surface area contributed by atoms with Crippen LogP contribution >= 0.6 is 0 Å². The number of rotatable bonds is 3. The third-order valence-corrected chi connectivity index (χ3v) is 1.75. The number of carbonyl (C=O) groups is 1. The molecule has 6 heteroatoms. The van der Waals surface area contributed by atoms with Crippen LogP contribution in [0.5, 0.6) is 0 Å². The lowest BCUT2D eigenvalue weighted by molar-refractivity contribution is -0.387. The Morgan fingerprint density at radius 2 is 2.13 bits per heavy atom. The molecule has 1 rings (SSSR count). The molecular weight excluding hydrogens is 205 g/mol. The van der Waals surface area contributed by atoms with Crippen molar-refractivity contribution in [2.75, 3.05) is 0 Å². The minimum Gasteiger partial charge on any atom is -0.478 e. The summed E-state index contributed by atoms with van der Waals surface area (Å²) in [5, 5.41) is 18.9. The maximum atomic E-state index is 12.9. The molecule has 0 fully saturated rings. The van der Waals surface area contributed by atoms with Gasteiger partial charge in [0.25, 0.3) is 0 Å². The molecule has 78 valence electrons. The van der Waals surface area contributed by atoms with Crippen molar-refractivity contribution in [3.05, 3.63) is 46.3 Å². The number of nitrogens with zero attached hydrogens (tertiary/aromatic N) is 1. The topological polar surface area (TPSA) is 80.4 Å². The van der Waals surface area contributed by atoms with Gasteiger partial charge in [-0.05, 0) is 11.6 Å². The Hall–Kier alpha value is -2.24. The normalized spacial score (nSPS) is 9.67. The summed E-state index contributed by atoms with van der Waals surface area (Å²) in [6, 6.07) is 2.80. The smallest absolute Gasteiger partial charge is 0.335 e. The Balaban J connectivity index is 3.25. The lowest BCUT2D eigenvalue weighted by Crippen LogP contribution is -2.00. The first kappa shape index (κ1) is 10.8. The Bertz CT molecular complexity index is 455. The SMILES string of the molecule is C=C(C(=O)O)c1ccc(F)c([N+](=O)[O-])c1. The molecule has 0 bridgehead atoms. The number of carboxylic acids is 1. The molecule has 0 heterocycles. The van der Waals surface area contributed by atoms with Crippen molar-refractivity contribution < 1.29 is 19.2 Å². The zero-order valence-corrected chi connectivity index (χ0v) is 7.44. The molecule has 0 aliphatic rings. The molecule has 0 aliphatic carbocycles. The van der Waals surface area contributed by atoms with Gasteiger partial charge in [-0.25, -0.2) is 4.79 Å². The van der Waals surface area contributed by atoms with Crippen molar-refractivity contribution in [1.29, 1.82) is 0 Å². The first-order valence-corrected chi connectivity index (χ1v) is 3.80. The van der Waals surface area contributed by atoms with Crippen LogP contribution in [0.4, 0.5) is 10.1 Å². The van der Waals surface area contributed by atoms with E-state index in [1.807, 2.05) is 0 Å². The van der Waals surface area contributed by atoms with Crippen LogP contribution in [0.15, 0.2) is 24.8 Å². The van der Waals surface area contributed by atoms with Crippen LogP contribution in [0, 0.1) is 15.9 Å². The number of hydrogen-bond acceptors (Lipinski definition) is 3. The summed E-state index contributed by atoms with van der Waals surface area (Å²) >= 11 is 0. The summed E-state index contributed by atoms with van der Waals surface area (Å²) in [6.45, 7) is 3.21. The zero-order chi connectivity index (χ0) is 11.6. The van der Waals surface area contributed by atoms with Gasteiger partial charge < -0.3 is 5.11 Å². The summed E-state index contributed by atoms with van der Waals surface area (Å²) in [6.07, 6.45) is 0. The van der Waals surface area contributed by atoms with Crippen molar-refractivity contribution in [2.24, 2.45) is 0 Å². The van der Waals surface area contributed by atoms with Crippen molar-refractivity contribution in [3.63, 3.8) is 0 Å². The molecule has 1 N–H and O–H groups in total. The second kappa shape index (κ2) is 3.87. The predicted molar refractivity (Wildman–Crippen MR) is 49.7 cm³/mol. The molecule has 0 aliphatic heterocycles. The summed E-state index contributed by atoms with van der Waals surface area (Å²) in [5.74, 6) is -2.32. The molecule has 1 aromatic rings. The van der Waals surface area contributed by atoms with Crippen LogP contribution in [0.1, 0.15) is 5.56 Å². The first-order valence-electron chi connectivity index (χ1n) is 3.80. The Morgan fingerprint density at radius 1 is 1.53 bits per heavy atom. The van der Waals surface area contributed by atoms with Crippen molar-refractivity contribution in [2.45, 2.75) is 0 Å². The van der Waals surface area contributed by atoms with E-state index < -0.39 is 22.4 Å². The van der Waals surface area contributed by atoms with Crippen LogP contribution < -0.4 is 0 Å². The number of hydrogen-bond donors (Lipinski definition) is 1.